The van der Waals surface area contributed by atoms with Crippen molar-refractivity contribution in [3.63, 3.8) is 0 Å². The number of unbranched alkanes of at least 4 members (excludes halogenated alkanes) is 1. The molecule has 0 amide bonds. The predicted octanol–water partition coefficient (Wildman–Crippen LogP) is 5.12. The van der Waals surface area contributed by atoms with E-state index in [4.69, 9.17) is 9.47 Å². The van der Waals surface area contributed by atoms with Crippen LogP contribution in [-0.4, -0.2) is 26.2 Å². The molecule has 2 aromatic rings. The standard InChI is InChI=1S/C20H24BrNO3/c1-14-10-15(2)12-17(11-14)25-9-5-4-8-22-19-7-6-16(21)13-18(19)20(23)24-3/h6-7,10-13,22H,4-5,8-9H2,1-3H3. The number of hydrogen-bond acceptors (Lipinski definition) is 4. The monoisotopic (exact) mass is 405 g/mol. The lowest BCUT2D eigenvalue weighted by molar-refractivity contribution is 0.0601. The van der Waals surface area contributed by atoms with Crippen LogP contribution in [0.5, 0.6) is 5.75 Å². The van der Waals surface area contributed by atoms with Crippen molar-refractivity contribution in [2.24, 2.45) is 0 Å². The first-order chi connectivity index (χ1) is 12.0. The summed E-state index contributed by atoms with van der Waals surface area (Å²) in [5.41, 5.74) is 3.73. The van der Waals surface area contributed by atoms with E-state index < -0.39 is 0 Å². The van der Waals surface area contributed by atoms with Gasteiger partial charge in [-0.15, -0.1) is 0 Å². The maximum absolute atomic E-state index is 11.8. The predicted molar refractivity (Wildman–Crippen MR) is 105 cm³/mol. The third kappa shape index (κ3) is 6.09. The minimum Gasteiger partial charge on any atom is -0.494 e. The molecular formula is C20H24BrNO3. The topological polar surface area (TPSA) is 47.6 Å². The van der Waals surface area contributed by atoms with Gasteiger partial charge in [-0.3, -0.25) is 0 Å². The number of aryl methyl sites for hydroxylation is 2. The highest BCUT2D eigenvalue weighted by Crippen LogP contribution is 2.22. The average Bonchev–Trinajstić information content (AvgIpc) is 2.57. The van der Waals surface area contributed by atoms with E-state index in [-0.39, 0.29) is 5.97 Å². The van der Waals surface area contributed by atoms with Crippen molar-refractivity contribution in [1.29, 1.82) is 0 Å². The van der Waals surface area contributed by atoms with Crippen molar-refractivity contribution in [2.45, 2.75) is 26.7 Å². The highest BCUT2D eigenvalue weighted by atomic mass is 79.9. The summed E-state index contributed by atoms with van der Waals surface area (Å²) in [6.07, 6.45) is 1.88. The molecule has 134 valence electrons. The Morgan fingerprint density at radius 3 is 2.48 bits per heavy atom. The molecule has 0 atom stereocenters. The Morgan fingerprint density at radius 1 is 1.08 bits per heavy atom. The van der Waals surface area contributed by atoms with E-state index in [0.29, 0.717) is 12.2 Å². The summed E-state index contributed by atoms with van der Waals surface area (Å²) >= 11 is 3.38. The van der Waals surface area contributed by atoms with Gasteiger partial charge in [-0.25, -0.2) is 4.79 Å². The summed E-state index contributed by atoms with van der Waals surface area (Å²) in [5, 5.41) is 3.30. The number of ether oxygens (including phenoxy) is 2. The Morgan fingerprint density at radius 2 is 1.80 bits per heavy atom. The van der Waals surface area contributed by atoms with Crippen LogP contribution >= 0.6 is 15.9 Å². The minimum absolute atomic E-state index is 0.345. The summed E-state index contributed by atoms with van der Waals surface area (Å²) in [6.45, 7) is 5.58. The molecule has 4 nitrogen and oxygen atoms in total. The fraction of sp³-hybridized carbons (Fsp3) is 0.350. The molecule has 25 heavy (non-hydrogen) atoms. The number of carbonyl (C=O) groups excluding carboxylic acids is 1. The van der Waals surface area contributed by atoms with Crippen molar-refractivity contribution >= 4 is 27.6 Å². The second kappa shape index (κ2) is 9.47. The molecule has 0 spiro atoms. The molecular weight excluding hydrogens is 382 g/mol. The maximum Gasteiger partial charge on any atom is 0.340 e. The Labute approximate surface area is 157 Å². The molecule has 0 aromatic heterocycles. The summed E-state index contributed by atoms with van der Waals surface area (Å²) in [5.74, 6) is 0.577. The summed E-state index contributed by atoms with van der Waals surface area (Å²) in [6, 6.07) is 11.8. The van der Waals surface area contributed by atoms with Crippen LogP contribution < -0.4 is 10.1 Å². The van der Waals surface area contributed by atoms with Crippen LogP contribution in [0, 0.1) is 13.8 Å². The molecule has 2 aromatic carbocycles. The molecule has 0 fully saturated rings. The summed E-state index contributed by atoms with van der Waals surface area (Å²) in [7, 11) is 1.39. The van der Waals surface area contributed by atoms with Gasteiger partial charge in [0.15, 0.2) is 0 Å². The van der Waals surface area contributed by atoms with Crippen molar-refractivity contribution in [3.8, 4) is 5.75 Å². The first-order valence-corrected chi connectivity index (χ1v) is 9.11. The van der Waals surface area contributed by atoms with Crippen LogP contribution in [-0.2, 0) is 4.74 Å². The van der Waals surface area contributed by atoms with E-state index in [1.807, 2.05) is 12.1 Å². The number of halogens is 1. The van der Waals surface area contributed by atoms with Gasteiger partial charge in [0, 0.05) is 16.7 Å². The van der Waals surface area contributed by atoms with Crippen molar-refractivity contribution in [3.05, 3.63) is 57.6 Å². The highest BCUT2D eigenvalue weighted by molar-refractivity contribution is 9.10. The van der Waals surface area contributed by atoms with E-state index in [0.717, 1.165) is 35.3 Å². The Hall–Kier alpha value is -2.01. The lowest BCUT2D eigenvalue weighted by Gasteiger charge is -2.12. The van der Waals surface area contributed by atoms with Crippen LogP contribution in [0.2, 0.25) is 0 Å². The number of anilines is 1. The van der Waals surface area contributed by atoms with Crippen molar-refractivity contribution in [1.82, 2.24) is 0 Å². The number of nitrogens with one attached hydrogen (secondary N) is 1. The number of rotatable bonds is 8. The molecule has 0 heterocycles. The quantitative estimate of drug-likeness (QED) is 0.488. The summed E-state index contributed by atoms with van der Waals surface area (Å²) < 4.78 is 11.5. The van der Waals surface area contributed by atoms with Crippen LogP contribution in [0.1, 0.15) is 34.3 Å². The van der Waals surface area contributed by atoms with Crippen LogP contribution in [0.25, 0.3) is 0 Å². The first-order valence-electron chi connectivity index (χ1n) is 8.32. The number of esters is 1. The summed E-state index contributed by atoms with van der Waals surface area (Å²) in [4.78, 5) is 11.8. The number of carbonyl (C=O) groups is 1. The van der Waals surface area contributed by atoms with E-state index >= 15 is 0 Å². The third-order valence-electron chi connectivity index (χ3n) is 3.74. The van der Waals surface area contributed by atoms with Gasteiger partial charge in [0.2, 0.25) is 0 Å². The van der Waals surface area contributed by atoms with Gasteiger partial charge >= 0.3 is 5.97 Å². The zero-order valence-electron chi connectivity index (χ0n) is 14.9. The van der Waals surface area contributed by atoms with Gasteiger partial charge in [0.1, 0.15) is 5.75 Å². The van der Waals surface area contributed by atoms with E-state index in [2.05, 4.69) is 53.3 Å². The maximum atomic E-state index is 11.8. The van der Waals surface area contributed by atoms with Gasteiger partial charge < -0.3 is 14.8 Å². The van der Waals surface area contributed by atoms with E-state index in [1.54, 1.807) is 6.07 Å². The van der Waals surface area contributed by atoms with E-state index in [9.17, 15) is 4.79 Å². The number of methoxy groups -OCH3 is 1. The first kappa shape index (κ1) is 19.3. The molecule has 0 aliphatic heterocycles. The fourth-order valence-corrected chi connectivity index (χ4v) is 2.97. The highest BCUT2D eigenvalue weighted by Gasteiger charge is 2.11. The van der Waals surface area contributed by atoms with Gasteiger partial charge in [-0.2, -0.15) is 0 Å². The normalized spacial score (nSPS) is 10.4. The molecule has 0 bridgehead atoms. The third-order valence-corrected chi connectivity index (χ3v) is 4.23. The largest absolute Gasteiger partial charge is 0.494 e. The zero-order chi connectivity index (χ0) is 18.2. The van der Waals surface area contributed by atoms with Crippen LogP contribution in [0.15, 0.2) is 40.9 Å². The molecule has 0 unspecified atom stereocenters. The van der Waals surface area contributed by atoms with Gasteiger partial charge in [-0.1, -0.05) is 22.0 Å². The average molecular weight is 406 g/mol. The molecule has 1 N–H and O–H groups in total. The number of benzene rings is 2. The fourth-order valence-electron chi connectivity index (χ4n) is 2.61. The van der Waals surface area contributed by atoms with Gasteiger partial charge in [-0.05, 0) is 68.1 Å². The van der Waals surface area contributed by atoms with Crippen LogP contribution in [0.3, 0.4) is 0 Å². The molecule has 0 aliphatic carbocycles. The molecule has 0 saturated heterocycles. The Bertz CT molecular complexity index is 711. The molecule has 5 heteroatoms. The zero-order valence-corrected chi connectivity index (χ0v) is 16.5. The number of hydrogen-bond donors (Lipinski definition) is 1. The molecule has 0 aliphatic rings. The second-order valence-corrected chi connectivity index (χ2v) is 6.90. The van der Waals surface area contributed by atoms with Gasteiger partial charge in [0.05, 0.1) is 19.3 Å². The Balaban J connectivity index is 1.77. The smallest absolute Gasteiger partial charge is 0.340 e. The molecule has 0 radical (unpaired) electrons. The van der Waals surface area contributed by atoms with Crippen molar-refractivity contribution < 1.29 is 14.3 Å². The molecule has 2 rings (SSSR count). The van der Waals surface area contributed by atoms with Crippen molar-refractivity contribution in [2.75, 3.05) is 25.6 Å². The van der Waals surface area contributed by atoms with Crippen LogP contribution in [0.4, 0.5) is 5.69 Å². The lowest BCUT2D eigenvalue weighted by Crippen LogP contribution is -2.10. The molecule has 0 saturated carbocycles. The SMILES string of the molecule is COC(=O)c1cc(Br)ccc1NCCCCOc1cc(C)cc(C)c1. The minimum atomic E-state index is -0.345. The van der Waals surface area contributed by atoms with E-state index in [1.165, 1.54) is 18.2 Å². The second-order valence-electron chi connectivity index (χ2n) is 5.99. The van der Waals surface area contributed by atoms with Gasteiger partial charge in [0.25, 0.3) is 0 Å². The Kier molecular flexibility index (Phi) is 7.31. The lowest BCUT2D eigenvalue weighted by atomic mass is 10.1.